The molecule has 0 radical (unpaired) electrons. The maximum Gasteiger partial charge on any atom is 0.195 e. The van der Waals surface area contributed by atoms with Gasteiger partial charge in [0.05, 0.1) is 6.10 Å². The summed E-state index contributed by atoms with van der Waals surface area (Å²) in [7, 11) is 1.77. The molecule has 15 heavy (non-hydrogen) atoms. The monoisotopic (exact) mass is 227 g/mol. The van der Waals surface area contributed by atoms with Gasteiger partial charge >= 0.3 is 0 Å². The van der Waals surface area contributed by atoms with Crippen LogP contribution in [-0.2, 0) is 11.3 Å². The Morgan fingerprint density at radius 2 is 2.33 bits per heavy atom. The van der Waals surface area contributed by atoms with Crippen LogP contribution in [0.3, 0.4) is 0 Å². The van der Waals surface area contributed by atoms with Crippen LogP contribution in [0.5, 0.6) is 0 Å². The molecule has 0 spiro atoms. The number of ether oxygens (including phenoxy) is 1. The highest BCUT2D eigenvalue weighted by Gasteiger charge is 2.33. The highest BCUT2D eigenvalue weighted by atomic mass is 32.1. The van der Waals surface area contributed by atoms with Crippen LogP contribution in [0, 0.1) is 4.77 Å². The summed E-state index contributed by atoms with van der Waals surface area (Å²) in [6.45, 7) is 3.11. The number of nitrogens with zero attached hydrogens (tertiary/aromatic N) is 2. The third-order valence-corrected chi connectivity index (χ3v) is 3.34. The maximum absolute atomic E-state index is 5.27. The van der Waals surface area contributed by atoms with Crippen LogP contribution in [0.1, 0.15) is 37.9 Å². The molecular weight excluding hydrogens is 210 g/mol. The Morgan fingerprint density at radius 1 is 1.60 bits per heavy atom. The van der Waals surface area contributed by atoms with Gasteiger partial charge in [-0.1, -0.05) is 6.92 Å². The van der Waals surface area contributed by atoms with Crippen LogP contribution in [0.25, 0.3) is 0 Å². The van der Waals surface area contributed by atoms with Crippen LogP contribution >= 0.6 is 12.2 Å². The molecule has 84 valence electrons. The number of nitrogens with one attached hydrogen (secondary N) is 1. The molecule has 0 amide bonds. The van der Waals surface area contributed by atoms with Crippen molar-refractivity contribution >= 4 is 12.2 Å². The van der Waals surface area contributed by atoms with Crippen molar-refractivity contribution in [1.82, 2.24) is 14.8 Å². The van der Waals surface area contributed by atoms with Gasteiger partial charge in [0.25, 0.3) is 0 Å². The van der Waals surface area contributed by atoms with Crippen molar-refractivity contribution in [2.75, 3.05) is 7.11 Å². The first kappa shape index (κ1) is 10.8. The van der Waals surface area contributed by atoms with Crippen molar-refractivity contribution in [1.29, 1.82) is 0 Å². The fraction of sp³-hybridized carbons (Fsp3) is 0.800. The molecule has 5 heteroatoms. The Bertz CT molecular complexity index is 378. The van der Waals surface area contributed by atoms with E-state index in [1.165, 1.54) is 0 Å². The van der Waals surface area contributed by atoms with Crippen molar-refractivity contribution < 1.29 is 4.74 Å². The van der Waals surface area contributed by atoms with Gasteiger partial charge in [-0.2, -0.15) is 5.10 Å². The summed E-state index contributed by atoms with van der Waals surface area (Å²) in [4.78, 5) is 0. The van der Waals surface area contributed by atoms with Crippen LogP contribution in [0.4, 0.5) is 0 Å². The fourth-order valence-electron chi connectivity index (χ4n) is 2.05. The number of H-pyrrole nitrogens is 1. The second-order valence-corrected chi connectivity index (χ2v) is 4.45. The molecule has 1 fully saturated rings. The van der Waals surface area contributed by atoms with E-state index in [1.807, 2.05) is 0 Å². The molecule has 1 aliphatic carbocycles. The van der Waals surface area contributed by atoms with Gasteiger partial charge in [0.15, 0.2) is 4.77 Å². The van der Waals surface area contributed by atoms with E-state index >= 15 is 0 Å². The van der Waals surface area contributed by atoms with Crippen molar-refractivity contribution in [3.8, 4) is 0 Å². The van der Waals surface area contributed by atoms with E-state index in [0.29, 0.717) is 12.0 Å². The summed E-state index contributed by atoms with van der Waals surface area (Å²) in [5.74, 6) is 1.63. The van der Waals surface area contributed by atoms with Crippen LogP contribution in [-0.4, -0.2) is 28.0 Å². The molecule has 4 nitrogen and oxygen atoms in total. The quantitative estimate of drug-likeness (QED) is 0.802. The first-order chi connectivity index (χ1) is 7.26. The number of aromatic nitrogens is 3. The zero-order valence-electron chi connectivity index (χ0n) is 9.19. The summed E-state index contributed by atoms with van der Waals surface area (Å²) in [5, 5.41) is 7.19. The van der Waals surface area contributed by atoms with E-state index in [4.69, 9.17) is 17.0 Å². The molecule has 1 aromatic heterocycles. The standard InChI is InChI=1S/C10H17N3OS/c1-3-4-13-9(11-12-10(13)15)7-5-8(6-7)14-2/h7-8H,3-6H2,1-2H3,(H,12,15). The molecule has 1 saturated carbocycles. The highest BCUT2D eigenvalue weighted by molar-refractivity contribution is 7.71. The average Bonchev–Trinajstić information content (AvgIpc) is 2.49. The first-order valence-electron chi connectivity index (χ1n) is 5.44. The number of hydrogen-bond acceptors (Lipinski definition) is 3. The minimum atomic E-state index is 0.412. The largest absolute Gasteiger partial charge is 0.381 e. The Balaban J connectivity index is 2.12. The predicted octanol–water partition coefficient (Wildman–Crippen LogP) is 2.24. The van der Waals surface area contributed by atoms with Crippen molar-refractivity contribution in [2.24, 2.45) is 0 Å². The third kappa shape index (κ3) is 1.99. The van der Waals surface area contributed by atoms with Gasteiger partial charge < -0.3 is 9.30 Å². The molecule has 0 aliphatic heterocycles. The van der Waals surface area contributed by atoms with E-state index in [9.17, 15) is 0 Å². The molecule has 1 heterocycles. The average molecular weight is 227 g/mol. The summed E-state index contributed by atoms with van der Waals surface area (Å²) in [6, 6.07) is 0. The fourth-order valence-corrected chi connectivity index (χ4v) is 2.28. The van der Waals surface area contributed by atoms with Gasteiger partial charge in [0, 0.05) is 19.6 Å². The lowest BCUT2D eigenvalue weighted by atomic mass is 9.81. The van der Waals surface area contributed by atoms with E-state index in [1.54, 1.807) is 7.11 Å². The molecule has 0 atom stereocenters. The minimum Gasteiger partial charge on any atom is -0.381 e. The molecule has 1 N–H and O–H groups in total. The lowest BCUT2D eigenvalue weighted by Crippen LogP contribution is -2.30. The zero-order valence-corrected chi connectivity index (χ0v) is 10.0. The molecule has 0 bridgehead atoms. The van der Waals surface area contributed by atoms with Crippen LogP contribution in [0.15, 0.2) is 0 Å². The van der Waals surface area contributed by atoms with Gasteiger partial charge in [0.1, 0.15) is 5.82 Å². The second kappa shape index (κ2) is 4.45. The van der Waals surface area contributed by atoms with E-state index in [2.05, 4.69) is 21.7 Å². The molecule has 1 aliphatic rings. The summed E-state index contributed by atoms with van der Waals surface area (Å²) >= 11 is 5.20. The number of rotatable bonds is 4. The number of hydrogen-bond donors (Lipinski definition) is 1. The molecular formula is C10H17N3OS. The predicted molar refractivity (Wildman–Crippen MR) is 60.5 cm³/mol. The molecule has 1 aromatic rings. The van der Waals surface area contributed by atoms with Crippen LogP contribution < -0.4 is 0 Å². The van der Waals surface area contributed by atoms with Crippen LogP contribution in [0.2, 0.25) is 0 Å². The smallest absolute Gasteiger partial charge is 0.195 e. The Morgan fingerprint density at radius 3 is 2.93 bits per heavy atom. The second-order valence-electron chi connectivity index (χ2n) is 4.06. The Labute approximate surface area is 94.6 Å². The minimum absolute atomic E-state index is 0.412. The lowest BCUT2D eigenvalue weighted by molar-refractivity contribution is 0.0227. The van der Waals surface area contributed by atoms with Crippen molar-refractivity contribution in [2.45, 2.75) is 44.8 Å². The topological polar surface area (TPSA) is 42.8 Å². The maximum atomic E-state index is 5.27. The number of methoxy groups -OCH3 is 1. The Kier molecular flexibility index (Phi) is 3.21. The van der Waals surface area contributed by atoms with Gasteiger partial charge in [-0.25, -0.2) is 0 Å². The van der Waals surface area contributed by atoms with Gasteiger partial charge in [0.2, 0.25) is 0 Å². The van der Waals surface area contributed by atoms with Crippen molar-refractivity contribution in [3.05, 3.63) is 10.6 Å². The molecule has 0 aromatic carbocycles. The molecule has 0 unspecified atom stereocenters. The first-order valence-corrected chi connectivity index (χ1v) is 5.85. The lowest BCUT2D eigenvalue weighted by Gasteiger charge is -2.33. The SMILES string of the molecule is CCCn1c(C2CC(OC)C2)n[nH]c1=S. The molecule has 2 rings (SSSR count). The van der Waals surface area contributed by atoms with Gasteiger partial charge in [-0.05, 0) is 31.5 Å². The normalized spacial score (nSPS) is 25.2. The molecule has 0 saturated heterocycles. The van der Waals surface area contributed by atoms with E-state index < -0.39 is 0 Å². The zero-order chi connectivity index (χ0) is 10.8. The van der Waals surface area contributed by atoms with E-state index in [-0.39, 0.29) is 0 Å². The summed E-state index contributed by atoms with van der Waals surface area (Å²) < 4.78 is 8.13. The number of aromatic amines is 1. The van der Waals surface area contributed by atoms with Crippen molar-refractivity contribution in [3.63, 3.8) is 0 Å². The summed E-state index contributed by atoms with van der Waals surface area (Å²) in [5.41, 5.74) is 0. The van der Waals surface area contributed by atoms with E-state index in [0.717, 1.165) is 36.4 Å². The summed E-state index contributed by atoms with van der Waals surface area (Å²) in [6.07, 6.45) is 3.64. The third-order valence-electron chi connectivity index (χ3n) is 3.03. The Hall–Kier alpha value is -0.680. The van der Waals surface area contributed by atoms with Gasteiger partial charge in [-0.15, -0.1) is 0 Å². The highest BCUT2D eigenvalue weighted by Crippen LogP contribution is 2.37. The van der Waals surface area contributed by atoms with Gasteiger partial charge in [-0.3, -0.25) is 5.10 Å².